The Morgan fingerprint density at radius 2 is 1.93 bits per heavy atom. The molecule has 0 aromatic heterocycles. The molecule has 3 fully saturated rings. The smallest absolute Gasteiger partial charge is 0.223 e. The Hall–Kier alpha value is -1.84. The third-order valence-electron chi connectivity index (χ3n) is 7.22. The molecular formula is C23H32N2O2. The minimum absolute atomic E-state index is 0.0192. The molecule has 1 aliphatic heterocycles. The second kappa shape index (κ2) is 6.35. The van der Waals surface area contributed by atoms with E-state index in [9.17, 15) is 9.59 Å². The molecule has 1 N–H and O–H groups in total. The average Bonchev–Trinajstić information content (AvgIpc) is 2.84. The summed E-state index contributed by atoms with van der Waals surface area (Å²) in [5.41, 5.74) is 2.93. The molecule has 0 atom stereocenters. The van der Waals surface area contributed by atoms with Crippen molar-refractivity contribution in [1.29, 1.82) is 0 Å². The van der Waals surface area contributed by atoms with Crippen LogP contribution >= 0.6 is 0 Å². The van der Waals surface area contributed by atoms with Crippen molar-refractivity contribution in [1.82, 2.24) is 10.2 Å². The van der Waals surface area contributed by atoms with Crippen LogP contribution in [0.4, 0.5) is 0 Å². The number of nitrogens with zero attached hydrogens (tertiary/aromatic N) is 1. The lowest BCUT2D eigenvalue weighted by Gasteiger charge is -2.49. The number of likely N-dealkylation sites (tertiary alicyclic amines) is 1. The molecule has 0 bridgehead atoms. The van der Waals surface area contributed by atoms with Gasteiger partial charge in [-0.05, 0) is 54.6 Å². The van der Waals surface area contributed by atoms with Crippen LogP contribution in [0.3, 0.4) is 0 Å². The van der Waals surface area contributed by atoms with Gasteiger partial charge in [-0.2, -0.15) is 0 Å². The van der Waals surface area contributed by atoms with Gasteiger partial charge in [-0.1, -0.05) is 45.0 Å². The van der Waals surface area contributed by atoms with E-state index in [1.807, 2.05) is 11.9 Å². The van der Waals surface area contributed by atoms with Gasteiger partial charge in [0.05, 0.1) is 0 Å². The first kappa shape index (κ1) is 18.5. The van der Waals surface area contributed by atoms with Gasteiger partial charge in [0, 0.05) is 31.0 Å². The summed E-state index contributed by atoms with van der Waals surface area (Å²) in [5.74, 6) is 1.07. The number of hydrogen-bond acceptors (Lipinski definition) is 2. The topological polar surface area (TPSA) is 49.4 Å². The highest BCUT2D eigenvalue weighted by Crippen LogP contribution is 2.49. The quantitative estimate of drug-likeness (QED) is 0.883. The van der Waals surface area contributed by atoms with Crippen LogP contribution in [-0.2, 0) is 15.0 Å². The number of nitrogens with one attached hydrogen (secondary N) is 1. The lowest BCUT2D eigenvalue weighted by molar-refractivity contribution is -0.141. The Bertz CT molecular complexity index is 752. The highest BCUT2D eigenvalue weighted by atomic mass is 16.2. The summed E-state index contributed by atoms with van der Waals surface area (Å²) in [5, 5.41) is 3.25. The molecule has 1 aromatic carbocycles. The number of benzene rings is 1. The standard InChI is InChI=1S/C23H32N2O2/c1-22(2,3)18-7-5-6-15(10-18)16-11-19(12-16)24-21(27)17-13-23(14-17)9-8-20(26)25(23)4/h5-7,10,16-17,19H,8-9,11-14H2,1-4H3,(H,24,27). The van der Waals surface area contributed by atoms with E-state index in [1.54, 1.807) is 0 Å². The minimum Gasteiger partial charge on any atom is -0.353 e. The maximum Gasteiger partial charge on any atom is 0.223 e. The molecule has 4 heteroatoms. The van der Waals surface area contributed by atoms with Crippen LogP contribution in [0.1, 0.15) is 76.3 Å². The number of carbonyl (C=O) groups excluding carboxylic acids is 2. The van der Waals surface area contributed by atoms with Crippen LogP contribution in [0, 0.1) is 5.92 Å². The van der Waals surface area contributed by atoms with Gasteiger partial charge < -0.3 is 10.2 Å². The summed E-state index contributed by atoms with van der Waals surface area (Å²) in [6, 6.07) is 9.24. The van der Waals surface area contributed by atoms with E-state index in [0.717, 1.165) is 32.1 Å². The van der Waals surface area contributed by atoms with E-state index in [4.69, 9.17) is 0 Å². The maximum atomic E-state index is 12.6. The molecule has 1 heterocycles. The predicted octanol–water partition coefficient (Wildman–Crippen LogP) is 3.75. The molecule has 27 heavy (non-hydrogen) atoms. The molecule has 0 radical (unpaired) electrons. The zero-order valence-corrected chi connectivity index (χ0v) is 17.0. The third-order valence-corrected chi connectivity index (χ3v) is 7.22. The summed E-state index contributed by atoms with van der Waals surface area (Å²) in [7, 11) is 1.89. The van der Waals surface area contributed by atoms with Gasteiger partial charge in [0.25, 0.3) is 0 Å². The Morgan fingerprint density at radius 1 is 1.22 bits per heavy atom. The fourth-order valence-electron chi connectivity index (χ4n) is 5.05. The first-order valence-corrected chi connectivity index (χ1v) is 10.4. The van der Waals surface area contributed by atoms with Crippen molar-refractivity contribution in [2.45, 2.75) is 82.2 Å². The third kappa shape index (κ3) is 3.28. The van der Waals surface area contributed by atoms with Gasteiger partial charge in [0.15, 0.2) is 0 Å². The number of carbonyl (C=O) groups is 2. The van der Waals surface area contributed by atoms with E-state index in [0.29, 0.717) is 18.4 Å². The highest BCUT2D eigenvalue weighted by molar-refractivity contribution is 5.83. The first-order valence-electron chi connectivity index (χ1n) is 10.4. The molecule has 1 spiro atoms. The first-order chi connectivity index (χ1) is 12.7. The Balaban J connectivity index is 1.27. The summed E-state index contributed by atoms with van der Waals surface area (Å²) < 4.78 is 0. The Morgan fingerprint density at radius 3 is 2.52 bits per heavy atom. The summed E-state index contributed by atoms with van der Waals surface area (Å²) in [4.78, 5) is 26.2. The molecule has 4 nitrogen and oxygen atoms in total. The van der Waals surface area contributed by atoms with Gasteiger partial charge in [0.1, 0.15) is 0 Å². The molecule has 4 rings (SSSR count). The second-order valence-corrected chi connectivity index (χ2v) is 10.0. The zero-order valence-electron chi connectivity index (χ0n) is 17.0. The van der Waals surface area contributed by atoms with Crippen molar-refractivity contribution >= 4 is 11.8 Å². The summed E-state index contributed by atoms with van der Waals surface area (Å²) in [6.07, 6.45) is 5.31. The van der Waals surface area contributed by atoms with Crippen molar-refractivity contribution in [3.05, 3.63) is 35.4 Å². The maximum absolute atomic E-state index is 12.6. The van der Waals surface area contributed by atoms with Gasteiger partial charge >= 0.3 is 0 Å². The Labute approximate surface area is 162 Å². The van der Waals surface area contributed by atoms with E-state index in [2.05, 4.69) is 50.4 Å². The Kier molecular flexibility index (Phi) is 4.36. The van der Waals surface area contributed by atoms with Crippen LogP contribution in [0.2, 0.25) is 0 Å². The summed E-state index contributed by atoms with van der Waals surface area (Å²) in [6.45, 7) is 6.74. The zero-order chi connectivity index (χ0) is 19.4. The van der Waals surface area contributed by atoms with Crippen LogP contribution < -0.4 is 5.32 Å². The largest absolute Gasteiger partial charge is 0.353 e. The number of amides is 2. The van der Waals surface area contributed by atoms with Gasteiger partial charge in [-0.15, -0.1) is 0 Å². The SMILES string of the molecule is CN1C(=O)CCC12CC(C(=O)NC1CC(c3cccc(C(C)(C)C)c3)C1)C2. The van der Waals surface area contributed by atoms with Crippen molar-refractivity contribution < 1.29 is 9.59 Å². The predicted molar refractivity (Wildman–Crippen MR) is 107 cm³/mol. The molecule has 1 saturated heterocycles. The highest BCUT2D eigenvalue weighted by Gasteiger charge is 2.54. The molecular weight excluding hydrogens is 336 g/mol. The van der Waals surface area contributed by atoms with E-state index in [-0.39, 0.29) is 28.7 Å². The summed E-state index contributed by atoms with van der Waals surface area (Å²) >= 11 is 0. The van der Waals surface area contributed by atoms with Crippen molar-refractivity contribution in [2.24, 2.45) is 5.92 Å². The van der Waals surface area contributed by atoms with Crippen molar-refractivity contribution in [3.63, 3.8) is 0 Å². The van der Waals surface area contributed by atoms with Crippen molar-refractivity contribution in [2.75, 3.05) is 7.05 Å². The van der Waals surface area contributed by atoms with Crippen LogP contribution in [0.5, 0.6) is 0 Å². The molecule has 146 valence electrons. The lowest BCUT2D eigenvalue weighted by atomic mass is 9.66. The molecule has 2 aliphatic carbocycles. The van der Waals surface area contributed by atoms with E-state index < -0.39 is 0 Å². The van der Waals surface area contributed by atoms with Crippen LogP contribution in [-0.4, -0.2) is 35.3 Å². The minimum atomic E-state index is -0.0192. The molecule has 0 unspecified atom stereocenters. The van der Waals surface area contributed by atoms with Gasteiger partial charge in [-0.25, -0.2) is 0 Å². The molecule has 2 amide bonds. The monoisotopic (exact) mass is 368 g/mol. The van der Waals surface area contributed by atoms with Gasteiger partial charge in [-0.3, -0.25) is 9.59 Å². The van der Waals surface area contributed by atoms with E-state index >= 15 is 0 Å². The van der Waals surface area contributed by atoms with Crippen molar-refractivity contribution in [3.8, 4) is 0 Å². The van der Waals surface area contributed by atoms with Gasteiger partial charge in [0.2, 0.25) is 11.8 Å². The van der Waals surface area contributed by atoms with Crippen LogP contribution in [0.15, 0.2) is 24.3 Å². The average molecular weight is 369 g/mol. The lowest BCUT2D eigenvalue weighted by Crippen LogP contribution is -2.58. The molecule has 3 aliphatic rings. The molecule has 2 saturated carbocycles. The fourth-order valence-corrected chi connectivity index (χ4v) is 5.05. The van der Waals surface area contributed by atoms with Crippen LogP contribution in [0.25, 0.3) is 0 Å². The molecule has 1 aromatic rings. The second-order valence-electron chi connectivity index (χ2n) is 10.0. The normalized spacial score (nSPS) is 33.0. The van der Waals surface area contributed by atoms with E-state index in [1.165, 1.54) is 11.1 Å². The number of hydrogen-bond donors (Lipinski definition) is 1. The fraction of sp³-hybridized carbons (Fsp3) is 0.652. The number of rotatable bonds is 3.